The number of aliphatic hydroxyl groups excluding tert-OH is 1. The van der Waals surface area contributed by atoms with Gasteiger partial charge in [0.15, 0.2) is 0 Å². The molecule has 0 aliphatic carbocycles. The highest BCUT2D eigenvalue weighted by Crippen LogP contribution is 2.02. The van der Waals surface area contributed by atoms with Crippen molar-refractivity contribution in [2.45, 2.75) is 6.41 Å². The second-order valence-corrected chi connectivity index (χ2v) is 3.14. The van der Waals surface area contributed by atoms with E-state index in [2.05, 4.69) is 0 Å². The number of aliphatic hydroxyl groups is 1. The van der Waals surface area contributed by atoms with Gasteiger partial charge in [-0.05, 0) is 25.7 Å². The van der Waals surface area contributed by atoms with Crippen LogP contribution in [0.1, 0.15) is 5.56 Å². The third-order valence-electron chi connectivity index (χ3n) is 1.70. The summed E-state index contributed by atoms with van der Waals surface area (Å²) in [5.41, 5.74) is 1.04. The molecule has 0 aromatic heterocycles. The zero-order chi connectivity index (χ0) is 10.4. The molecule has 3 nitrogen and oxygen atoms in total. The standard InChI is InChI=1S/C11H15NO2/c1-12(2)11(13)14-9-8-10-6-4-3-5-7-10/h3-9,11,13H,1-2H3/b9-8+. The summed E-state index contributed by atoms with van der Waals surface area (Å²) in [6, 6.07) is 9.76. The predicted octanol–water partition coefficient (Wildman–Crippen LogP) is 1.51. The van der Waals surface area contributed by atoms with Crippen LogP contribution in [0.3, 0.4) is 0 Å². The van der Waals surface area contributed by atoms with Crippen molar-refractivity contribution in [3.8, 4) is 0 Å². The predicted molar refractivity (Wildman–Crippen MR) is 56.3 cm³/mol. The van der Waals surface area contributed by atoms with Gasteiger partial charge in [0.05, 0.1) is 6.26 Å². The summed E-state index contributed by atoms with van der Waals surface area (Å²) in [5, 5.41) is 9.26. The molecule has 3 heteroatoms. The van der Waals surface area contributed by atoms with E-state index in [0.29, 0.717) is 0 Å². The second-order valence-electron chi connectivity index (χ2n) is 3.14. The Morgan fingerprint density at radius 2 is 1.93 bits per heavy atom. The highest BCUT2D eigenvalue weighted by Gasteiger charge is 2.02. The van der Waals surface area contributed by atoms with E-state index in [1.54, 1.807) is 25.1 Å². The minimum absolute atomic E-state index is 0.894. The third kappa shape index (κ3) is 3.60. The third-order valence-corrected chi connectivity index (χ3v) is 1.70. The van der Waals surface area contributed by atoms with Crippen LogP contribution in [0.25, 0.3) is 6.08 Å². The molecule has 1 aromatic rings. The van der Waals surface area contributed by atoms with E-state index in [1.165, 1.54) is 6.26 Å². The Morgan fingerprint density at radius 1 is 1.29 bits per heavy atom. The fourth-order valence-corrected chi connectivity index (χ4v) is 0.874. The van der Waals surface area contributed by atoms with Gasteiger partial charge in [0.2, 0.25) is 0 Å². The molecule has 0 radical (unpaired) electrons. The summed E-state index contributed by atoms with van der Waals surface area (Å²) in [4.78, 5) is 1.56. The summed E-state index contributed by atoms with van der Waals surface area (Å²) in [6.45, 7) is 0. The minimum atomic E-state index is -0.894. The average Bonchev–Trinajstić information content (AvgIpc) is 2.19. The van der Waals surface area contributed by atoms with Gasteiger partial charge in [-0.3, -0.25) is 4.90 Å². The number of nitrogens with zero attached hydrogens (tertiary/aromatic N) is 1. The van der Waals surface area contributed by atoms with Crippen molar-refractivity contribution in [2.75, 3.05) is 14.1 Å². The summed E-state index contributed by atoms with van der Waals surface area (Å²) < 4.78 is 5.01. The van der Waals surface area contributed by atoms with Crippen LogP contribution in [-0.4, -0.2) is 30.5 Å². The Balaban J connectivity index is 2.42. The fraction of sp³-hybridized carbons (Fsp3) is 0.273. The van der Waals surface area contributed by atoms with Crippen molar-refractivity contribution in [3.63, 3.8) is 0 Å². The molecule has 0 saturated carbocycles. The first kappa shape index (κ1) is 10.8. The minimum Gasteiger partial charge on any atom is -0.459 e. The molecule has 0 saturated heterocycles. The lowest BCUT2D eigenvalue weighted by Gasteiger charge is -2.16. The maximum Gasteiger partial charge on any atom is 0.258 e. The largest absolute Gasteiger partial charge is 0.459 e. The van der Waals surface area contributed by atoms with Crippen LogP contribution in [0.5, 0.6) is 0 Å². The highest BCUT2D eigenvalue weighted by atomic mass is 16.6. The second kappa shape index (κ2) is 5.42. The zero-order valence-corrected chi connectivity index (χ0v) is 8.42. The molecule has 14 heavy (non-hydrogen) atoms. The average molecular weight is 193 g/mol. The summed E-state index contributed by atoms with van der Waals surface area (Å²) in [5.74, 6) is 0. The normalized spacial score (nSPS) is 13.4. The molecular weight excluding hydrogens is 178 g/mol. The van der Waals surface area contributed by atoms with Gasteiger partial charge in [0, 0.05) is 0 Å². The molecule has 0 spiro atoms. The number of benzene rings is 1. The quantitative estimate of drug-likeness (QED) is 0.581. The van der Waals surface area contributed by atoms with Crippen molar-refractivity contribution < 1.29 is 9.84 Å². The lowest BCUT2D eigenvalue weighted by atomic mass is 10.2. The van der Waals surface area contributed by atoms with E-state index in [1.807, 2.05) is 30.3 Å². The Hall–Kier alpha value is -1.32. The smallest absolute Gasteiger partial charge is 0.258 e. The molecule has 1 atom stereocenters. The lowest BCUT2D eigenvalue weighted by Crippen LogP contribution is -2.28. The van der Waals surface area contributed by atoms with Crippen LogP contribution in [0.4, 0.5) is 0 Å². The lowest BCUT2D eigenvalue weighted by molar-refractivity contribution is -0.140. The molecule has 0 amide bonds. The van der Waals surface area contributed by atoms with Crippen molar-refractivity contribution in [1.82, 2.24) is 4.90 Å². The topological polar surface area (TPSA) is 32.7 Å². The monoisotopic (exact) mass is 193 g/mol. The van der Waals surface area contributed by atoms with Gasteiger partial charge in [0.25, 0.3) is 6.41 Å². The van der Waals surface area contributed by atoms with Gasteiger partial charge >= 0.3 is 0 Å². The molecule has 0 heterocycles. The first-order valence-electron chi connectivity index (χ1n) is 4.41. The van der Waals surface area contributed by atoms with Crippen molar-refractivity contribution in [2.24, 2.45) is 0 Å². The van der Waals surface area contributed by atoms with Gasteiger partial charge in [-0.2, -0.15) is 0 Å². The SMILES string of the molecule is CN(C)C(O)O/C=C/c1ccccc1. The number of hydrogen-bond donors (Lipinski definition) is 1. The van der Waals surface area contributed by atoms with Crippen LogP contribution in [0.15, 0.2) is 36.6 Å². The molecule has 1 N–H and O–H groups in total. The van der Waals surface area contributed by atoms with Crippen LogP contribution < -0.4 is 0 Å². The van der Waals surface area contributed by atoms with Gasteiger partial charge < -0.3 is 9.84 Å². The van der Waals surface area contributed by atoms with E-state index >= 15 is 0 Å². The number of hydrogen-bond acceptors (Lipinski definition) is 3. The van der Waals surface area contributed by atoms with Crippen LogP contribution in [0.2, 0.25) is 0 Å². The molecule has 0 fully saturated rings. The van der Waals surface area contributed by atoms with Crippen molar-refractivity contribution in [1.29, 1.82) is 0 Å². The highest BCUT2D eigenvalue weighted by molar-refractivity contribution is 5.47. The Bertz CT molecular complexity index is 283. The van der Waals surface area contributed by atoms with E-state index in [0.717, 1.165) is 5.56 Å². The number of rotatable bonds is 4. The molecule has 1 rings (SSSR count). The fourth-order valence-electron chi connectivity index (χ4n) is 0.874. The Kier molecular flexibility index (Phi) is 4.16. The summed E-state index contributed by atoms with van der Waals surface area (Å²) in [6.07, 6.45) is 2.39. The molecule has 1 aromatic carbocycles. The number of ether oxygens (including phenoxy) is 1. The first-order valence-corrected chi connectivity index (χ1v) is 4.41. The van der Waals surface area contributed by atoms with Gasteiger partial charge in [-0.1, -0.05) is 30.3 Å². The Morgan fingerprint density at radius 3 is 2.50 bits per heavy atom. The summed E-state index contributed by atoms with van der Waals surface area (Å²) in [7, 11) is 3.47. The van der Waals surface area contributed by atoms with E-state index in [-0.39, 0.29) is 0 Å². The first-order chi connectivity index (χ1) is 6.70. The maximum absolute atomic E-state index is 9.26. The van der Waals surface area contributed by atoms with E-state index in [4.69, 9.17) is 4.74 Å². The molecule has 76 valence electrons. The molecule has 0 aliphatic heterocycles. The maximum atomic E-state index is 9.26. The molecule has 0 bridgehead atoms. The van der Waals surface area contributed by atoms with Crippen LogP contribution in [-0.2, 0) is 4.74 Å². The van der Waals surface area contributed by atoms with Gasteiger partial charge in [-0.25, -0.2) is 0 Å². The van der Waals surface area contributed by atoms with E-state index < -0.39 is 6.41 Å². The van der Waals surface area contributed by atoms with Crippen LogP contribution in [0, 0.1) is 0 Å². The zero-order valence-electron chi connectivity index (χ0n) is 8.42. The van der Waals surface area contributed by atoms with Gasteiger partial charge in [0.1, 0.15) is 0 Å². The van der Waals surface area contributed by atoms with Crippen molar-refractivity contribution >= 4 is 6.08 Å². The van der Waals surface area contributed by atoms with Crippen molar-refractivity contribution in [3.05, 3.63) is 42.2 Å². The molecule has 0 aliphatic rings. The van der Waals surface area contributed by atoms with E-state index in [9.17, 15) is 5.11 Å². The van der Waals surface area contributed by atoms with Gasteiger partial charge in [-0.15, -0.1) is 0 Å². The van der Waals surface area contributed by atoms with Crippen LogP contribution >= 0.6 is 0 Å². The Labute approximate surface area is 84.2 Å². The summed E-state index contributed by atoms with van der Waals surface area (Å²) >= 11 is 0. The molecule has 1 unspecified atom stereocenters. The molecular formula is C11H15NO2.